The molecular weight excluding hydrogens is 279 g/mol. The first kappa shape index (κ1) is 13.1. The van der Waals surface area contributed by atoms with Crippen LogP contribution in [0, 0.1) is 0 Å². The van der Waals surface area contributed by atoms with Gasteiger partial charge in [0.2, 0.25) is 0 Å². The van der Waals surface area contributed by atoms with Gasteiger partial charge in [-0.15, -0.1) is 0 Å². The predicted octanol–water partition coefficient (Wildman–Crippen LogP) is 2.98. The summed E-state index contributed by atoms with van der Waals surface area (Å²) in [6, 6.07) is 1.63. The molecule has 1 aliphatic heterocycles. The molecule has 0 amide bonds. The van der Waals surface area contributed by atoms with Gasteiger partial charge in [-0.2, -0.15) is 11.8 Å². The molecule has 2 rings (SSSR count). The molecule has 1 fully saturated rings. The molecule has 0 bridgehead atoms. The first-order valence-electron chi connectivity index (χ1n) is 5.39. The van der Waals surface area contributed by atoms with Crippen LogP contribution < -0.4 is 16.6 Å². The van der Waals surface area contributed by atoms with Crippen molar-refractivity contribution in [2.75, 3.05) is 23.0 Å². The summed E-state index contributed by atoms with van der Waals surface area (Å²) in [6.45, 7) is 0.864. The molecule has 0 radical (unpaired) electrons. The molecule has 0 aromatic carbocycles. The third-order valence-corrected chi connectivity index (χ3v) is 4.56. The van der Waals surface area contributed by atoms with E-state index in [4.69, 9.17) is 29.0 Å². The molecule has 0 saturated carbocycles. The minimum absolute atomic E-state index is 0.415. The Morgan fingerprint density at radius 1 is 1.41 bits per heavy atom. The maximum Gasteiger partial charge on any atom is 0.161 e. The highest BCUT2D eigenvalue weighted by molar-refractivity contribution is 8.00. The van der Waals surface area contributed by atoms with Crippen molar-refractivity contribution in [3.63, 3.8) is 0 Å². The maximum absolute atomic E-state index is 6.06. The summed E-state index contributed by atoms with van der Waals surface area (Å²) in [7, 11) is 0. The van der Waals surface area contributed by atoms with Gasteiger partial charge in [-0.1, -0.05) is 23.2 Å². The molecule has 1 atom stereocenters. The fourth-order valence-electron chi connectivity index (χ4n) is 1.71. The Morgan fingerprint density at radius 3 is 2.82 bits per heavy atom. The molecule has 1 unspecified atom stereocenters. The summed E-state index contributed by atoms with van der Waals surface area (Å²) in [6.07, 6.45) is 2.53. The number of hydrogen-bond donors (Lipinski definition) is 3. The predicted molar refractivity (Wildman–Crippen MR) is 76.0 cm³/mol. The summed E-state index contributed by atoms with van der Waals surface area (Å²) in [5.41, 5.74) is 2.44. The maximum atomic E-state index is 6.06. The highest BCUT2D eigenvalue weighted by Crippen LogP contribution is 2.30. The zero-order valence-electron chi connectivity index (χ0n) is 9.17. The Morgan fingerprint density at radius 2 is 2.18 bits per heavy atom. The highest BCUT2D eigenvalue weighted by atomic mass is 35.5. The molecule has 2 heterocycles. The average Bonchev–Trinajstić information content (AvgIpc) is 2.81. The fraction of sp³-hybridized carbons (Fsp3) is 0.500. The van der Waals surface area contributed by atoms with Crippen molar-refractivity contribution in [1.29, 1.82) is 0 Å². The zero-order chi connectivity index (χ0) is 12.3. The van der Waals surface area contributed by atoms with Crippen LogP contribution in [0.1, 0.15) is 12.8 Å². The van der Waals surface area contributed by atoms with Crippen molar-refractivity contribution in [3.05, 3.63) is 16.1 Å². The zero-order valence-corrected chi connectivity index (χ0v) is 11.5. The molecule has 94 valence electrons. The summed E-state index contributed by atoms with van der Waals surface area (Å²) in [4.78, 5) is 4.23. The summed E-state index contributed by atoms with van der Waals surface area (Å²) >= 11 is 13.9. The van der Waals surface area contributed by atoms with E-state index in [1.54, 1.807) is 6.07 Å². The lowest BCUT2D eigenvalue weighted by Crippen LogP contribution is -2.16. The van der Waals surface area contributed by atoms with Gasteiger partial charge in [0.1, 0.15) is 5.82 Å². The Bertz CT molecular complexity index is 396. The van der Waals surface area contributed by atoms with Gasteiger partial charge in [0.15, 0.2) is 5.82 Å². The first-order valence-corrected chi connectivity index (χ1v) is 7.19. The van der Waals surface area contributed by atoms with E-state index in [1.807, 2.05) is 11.8 Å². The van der Waals surface area contributed by atoms with Gasteiger partial charge in [0, 0.05) is 11.8 Å². The molecule has 1 aromatic rings. The Hall–Kier alpha value is -0.360. The largest absolute Gasteiger partial charge is 0.368 e. The number of nitrogen functional groups attached to an aromatic ring is 1. The number of nitrogens with two attached hydrogens (primary N) is 1. The van der Waals surface area contributed by atoms with Gasteiger partial charge < -0.3 is 10.7 Å². The van der Waals surface area contributed by atoms with Crippen molar-refractivity contribution in [1.82, 2.24) is 4.98 Å². The second-order valence-electron chi connectivity index (χ2n) is 3.81. The minimum atomic E-state index is 0.415. The molecule has 17 heavy (non-hydrogen) atoms. The number of nitrogens with zero attached hydrogens (tertiary/aromatic N) is 1. The molecule has 4 N–H and O–H groups in total. The van der Waals surface area contributed by atoms with Crippen molar-refractivity contribution >= 4 is 46.6 Å². The van der Waals surface area contributed by atoms with Crippen molar-refractivity contribution in [2.24, 2.45) is 5.84 Å². The lowest BCUT2D eigenvalue weighted by molar-refractivity contribution is 0.803. The standard InChI is InChI=1S/C10H14Cl2N4S/c11-7-4-8(12)10(16-13)15-9(7)14-5-6-2-1-3-17-6/h4,6H,1-3,5,13H2,(H2,14,15,16). The SMILES string of the molecule is NNc1nc(NCC2CCCS2)c(Cl)cc1Cl. The van der Waals surface area contributed by atoms with Crippen molar-refractivity contribution in [2.45, 2.75) is 18.1 Å². The Labute approximate surface area is 115 Å². The number of aromatic nitrogens is 1. The molecule has 0 spiro atoms. The van der Waals surface area contributed by atoms with E-state index >= 15 is 0 Å². The van der Waals surface area contributed by atoms with Crippen LogP contribution in [0.25, 0.3) is 0 Å². The van der Waals surface area contributed by atoms with Crippen LogP contribution in [0.15, 0.2) is 6.07 Å². The summed E-state index contributed by atoms with van der Waals surface area (Å²) in [5, 5.41) is 4.80. The number of anilines is 2. The highest BCUT2D eigenvalue weighted by Gasteiger charge is 2.16. The van der Waals surface area contributed by atoms with Crippen LogP contribution in [-0.4, -0.2) is 22.5 Å². The second-order valence-corrected chi connectivity index (χ2v) is 6.03. The molecule has 4 nitrogen and oxygen atoms in total. The number of hydrazine groups is 1. The average molecular weight is 293 g/mol. The van der Waals surface area contributed by atoms with Gasteiger partial charge >= 0.3 is 0 Å². The Balaban J connectivity index is 2.03. The van der Waals surface area contributed by atoms with Crippen LogP contribution in [0.4, 0.5) is 11.6 Å². The molecule has 7 heteroatoms. The lowest BCUT2D eigenvalue weighted by atomic mass is 10.2. The number of rotatable bonds is 4. The van der Waals surface area contributed by atoms with Crippen molar-refractivity contribution < 1.29 is 0 Å². The number of pyridine rings is 1. The van der Waals surface area contributed by atoms with Crippen LogP contribution in [0.5, 0.6) is 0 Å². The van der Waals surface area contributed by atoms with Gasteiger partial charge in [0.05, 0.1) is 10.0 Å². The van der Waals surface area contributed by atoms with E-state index in [9.17, 15) is 0 Å². The van der Waals surface area contributed by atoms with Crippen LogP contribution in [0.3, 0.4) is 0 Å². The molecule has 1 saturated heterocycles. The van der Waals surface area contributed by atoms with Gasteiger partial charge in [-0.25, -0.2) is 10.8 Å². The lowest BCUT2D eigenvalue weighted by Gasteiger charge is -2.13. The quantitative estimate of drug-likeness (QED) is 0.588. The number of thioether (sulfide) groups is 1. The summed E-state index contributed by atoms with van der Waals surface area (Å²) < 4.78 is 0. The van der Waals surface area contributed by atoms with E-state index in [-0.39, 0.29) is 0 Å². The van der Waals surface area contributed by atoms with E-state index in [0.717, 1.165) is 6.54 Å². The number of nitrogens with one attached hydrogen (secondary N) is 2. The smallest absolute Gasteiger partial charge is 0.161 e. The topological polar surface area (TPSA) is 63.0 Å². The van der Waals surface area contributed by atoms with Gasteiger partial charge in [-0.05, 0) is 24.7 Å². The normalized spacial score (nSPS) is 19.4. The molecule has 1 aliphatic rings. The fourth-order valence-corrected chi connectivity index (χ4v) is 3.39. The first-order chi connectivity index (χ1) is 8.20. The van der Waals surface area contributed by atoms with E-state index in [2.05, 4.69) is 15.7 Å². The van der Waals surface area contributed by atoms with Gasteiger partial charge in [0.25, 0.3) is 0 Å². The molecule has 1 aromatic heterocycles. The monoisotopic (exact) mass is 292 g/mol. The number of halogens is 2. The minimum Gasteiger partial charge on any atom is -0.368 e. The molecule has 0 aliphatic carbocycles. The van der Waals surface area contributed by atoms with E-state index < -0.39 is 0 Å². The summed E-state index contributed by atoms with van der Waals surface area (Å²) in [5.74, 6) is 7.61. The Kier molecular flexibility index (Phi) is 4.62. The van der Waals surface area contributed by atoms with Crippen molar-refractivity contribution in [3.8, 4) is 0 Å². The number of hydrogen-bond acceptors (Lipinski definition) is 5. The van der Waals surface area contributed by atoms with Gasteiger partial charge in [-0.3, -0.25) is 0 Å². The molecular formula is C10H14Cl2N4S. The van der Waals surface area contributed by atoms with Crippen LogP contribution in [0.2, 0.25) is 10.0 Å². The van der Waals surface area contributed by atoms with E-state index in [0.29, 0.717) is 26.9 Å². The third-order valence-electron chi connectivity index (χ3n) is 2.59. The van der Waals surface area contributed by atoms with Crippen LogP contribution in [-0.2, 0) is 0 Å². The van der Waals surface area contributed by atoms with E-state index in [1.165, 1.54) is 18.6 Å². The third kappa shape index (κ3) is 3.31. The second kappa shape index (κ2) is 6.00. The van der Waals surface area contributed by atoms with Crippen LogP contribution >= 0.6 is 35.0 Å².